The highest BCUT2D eigenvalue weighted by molar-refractivity contribution is 6.30. The van der Waals surface area contributed by atoms with Gasteiger partial charge in [-0.2, -0.15) is 0 Å². The van der Waals surface area contributed by atoms with Crippen LogP contribution in [0.2, 0.25) is 5.02 Å². The molecule has 0 spiro atoms. The molecule has 0 aliphatic heterocycles. The molecule has 3 nitrogen and oxygen atoms in total. The lowest BCUT2D eigenvalue weighted by atomic mass is 9.81. The van der Waals surface area contributed by atoms with Crippen molar-refractivity contribution >= 4 is 17.5 Å². The lowest BCUT2D eigenvalue weighted by molar-refractivity contribution is 0.0785. The zero-order chi connectivity index (χ0) is 30.3. The first-order valence-corrected chi connectivity index (χ1v) is 15.9. The minimum atomic E-state index is -0.0289. The van der Waals surface area contributed by atoms with Crippen molar-refractivity contribution < 1.29 is 9.53 Å². The van der Waals surface area contributed by atoms with E-state index in [1.165, 1.54) is 48.8 Å². The van der Waals surface area contributed by atoms with Crippen molar-refractivity contribution in [1.82, 2.24) is 4.90 Å². The van der Waals surface area contributed by atoms with E-state index in [1.54, 1.807) is 4.90 Å². The molecule has 1 aliphatic carbocycles. The zero-order valence-electron chi connectivity index (χ0n) is 25.2. The molecule has 0 atom stereocenters. The van der Waals surface area contributed by atoms with Crippen molar-refractivity contribution in [3.05, 3.63) is 149 Å². The Morgan fingerprint density at radius 3 is 2.16 bits per heavy atom. The standard InChI is InChI=1S/C40H38ClNO2/c1-42(27-29-10-4-2-5-11-29)40(43)33-20-25-37(31-16-21-35(41)22-17-31)34(26-33)28-44-36-23-18-32(19-24-36)39-15-9-8-14-38(39)30-12-6-3-7-13-30/h2,4-5,8-11,14-26,30H,3,6-7,12-13,27-28H2,1H3. The molecule has 1 fully saturated rings. The van der Waals surface area contributed by atoms with Crippen molar-refractivity contribution in [1.29, 1.82) is 0 Å². The van der Waals surface area contributed by atoms with E-state index in [4.69, 9.17) is 16.3 Å². The second-order valence-corrected chi connectivity index (χ2v) is 12.2. The van der Waals surface area contributed by atoms with E-state index in [0.29, 0.717) is 29.7 Å². The van der Waals surface area contributed by atoms with Crippen LogP contribution in [0.4, 0.5) is 0 Å². The average Bonchev–Trinajstić information content (AvgIpc) is 3.08. The van der Waals surface area contributed by atoms with Crippen LogP contribution in [-0.4, -0.2) is 17.9 Å². The van der Waals surface area contributed by atoms with Gasteiger partial charge in [-0.1, -0.05) is 116 Å². The van der Waals surface area contributed by atoms with Gasteiger partial charge in [-0.25, -0.2) is 0 Å². The van der Waals surface area contributed by atoms with Crippen LogP contribution in [0.5, 0.6) is 5.75 Å². The predicted octanol–water partition coefficient (Wildman–Crippen LogP) is 10.6. The Morgan fingerprint density at radius 2 is 1.41 bits per heavy atom. The molecule has 1 amide bonds. The first-order valence-electron chi connectivity index (χ1n) is 15.6. The van der Waals surface area contributed by atoms with Gasteiger partial charge in [0.1, 0.15) is 12.4 Å². The Labute approximate surface area is 266 Å². The average molecular weight is 600 g/mol. The van der Waals surface area contributed by atoms with Crippen LogP contribution in [0.15, 0.2) is 121 Å². The maximum Gasteiger partial charge on any atom is 0.253 e. The van der Waals surface area contributed by atoms with Crippen molar-refractivity contribution in [2.75, 3.05) is 7.05 Å². The van der Waals surface area contributed by atoms with Crippen LogP contribution in [0.25, 0.3) is 22.3 Å². The summed E-state index contributed by atoms with van der Waals surface area (Å²) in [5, 5.41) is 0.686. The van der Waals surface area contributed by atoms with Gasteiger partial charge < -0.3 is 9.64 Å². The number of amides is 1. The van der Waals surface area contributed by atoms with Gasteiger partial charge in [0.05, 0.1) is 0 Å². The number of carbonyl (C=O) groups excluding carboxylic acids is 1. The summed E-state index contributed by atoms with van der Waals surface area (Å²) < 4.78 is 6.36. The van der Waals surface area contributed by atoms with Crippen LogP contribution in [-0.2, 0) is 13.2 Å². The van der Waals surface area contributed by atoms with Crippen LogP contribution >= 0.6 is 11.6 Å². The molecule has 4 heteroatoms. The Balaban J connectivity index is 1.22. The van der Waals surface area contributed by atoms with Crippen molar-refractivity contribution in [2.24, 2.45) is 0 Å². The van der Waals surface area contributed by atoms with Gasteiger partial charge in [0.2, 0.25) is 0 Å². The first-order chi connectivity index (χ1) is 21.5. The molecule has 0 heterocycles. The molecular weight excluding hydrogens is 562 g/mol. The van der Waals surface area contributed by atoms with E-state index in [-0.39, 0.29) is 5.91 Å². The summed E-state index contributed by atoms with van der Waals surface area (Å²) in [5.74, 6) is 1.41. The molecule has 0 radical (unpaired) electrons. The van der Waals surface area contributed by atoms with Gasteiger partial charge in [0, 0.05) is 24.2 Å². The summed E-state index contributed by atoms with van der Waals surface area (Å²) in [6, 6.07) is 41.0. The Hall–Kier alpha value is -4.34. The van der Waals surface area contributed by atoms with E-state index in [2.05, 4.69) is 48.5 Å². The fourth-order valence-electron chi connectivity index (χ4n) is 6.33. The van der Waals surface area contributed by atoms with Crippen molar-refractivity contribution in [3.8, 4) is 28.0 Å². The molecule has 44 heavy (non-hydrogen) atoms. The molecule has 0 unspecified atom stereocenters. The van der Waals surface area contributed by atoms with E-state index in [1.807, 2.05) is 79.8 Å². The quantitative estimate of drug-likeness (QED) is 0.169. The highest BCUT2D eigenvalue weighted by Crippen LogP contribution is 2.38. The first kappa shape index (κ1) is 29.7. The Morgan fingerprint density at radius 1 is 0.750 bits per heavy atom. The minimum Gasteiger partial charge on any atom is -0.489 e. The van der Waals surface area contributed by atoms with Crippen LogP contribution in [0.1, 0.15) is 65.1 Å². The Bertz CT molecular complexity index is 1690. The summed E-state index contributed by atoms with van der Waals surface area (Å²) in [6.07, 6.45) is 6.54. The number of hydrogen-bond acceptors (Lipinski definition) is 2. The molecule has 1 aliphatic rings. The summed E-state index contributed by atoms with van der Waals surface area (Å²) >= 11 is 6.18. The molecule has 0 aromatic heterocycles. The summed E-state index contributed by atoms with van der Waals surface area (Å²) in [6.45, 7) is 0.875. The largest absolute Gasteiger partial charge is 0.489 e. The molecule has 5 aromatic rings. The van der Waals surface area contributed by atoms with Gasteiger partial charge in [-0.3, -0.25) is 4.79 Å². The molecule has 222 valence electrons. The highest BCUT2D eigenvalue weighted by Gasteiger charge is 2.19. The summed E-state index contributed by atoms with van der Waals surface area (Å²) in [4.78, 5) is 15.2. The van der Waals surface area contributed by atoms with Crippen molar-refractivity contribution in [3.63, 3.8) is 0 Å². The maximum absolute atomic E-state index is 13.4. The van der Waals surface area contributed by atoms with E-state index in [9.17, 15) is 4.79 Å². The fraction of sp³-hybridized carbons (Fsp3) is 0.225. The highest BCUT2D eigenvalue weighted by atomic mass is 35.5. The topological polar surface area (TPSA) is 29.5 Å². The van der Waals surface area contributed by atoms with Crippen LogP contribution in [0.3, 0.4) is 0 Å². The number of benzene rings is 5. The SMILES string of the molecule is CN(Cc1ccccc1)C(=O)c1ccc(-c2ccc(Cl)cc2)c(COc2ccc(-c3ccccc3C3CCCCC3)cc2)c1. The molecule has 0 N–H and O–H groups in total. The predicted molar refractivity (Wildman–Crippen MR) is 181 cm³/mol. The normalized spacial score (nSPS) is 13.4. The second-order valence-electron chi connectivity index (χ2n) is 11.8. The monoisotopic (exact) mass is 599 g/mol. The molecule has 5 aromatic carbocycles. The number of carbonyl (C=O) groups is 1. The van der Waals surface area contributed by atoms with Crippen LogP contribution < -0.4 is 4.74 Å². The number of ether oxygens (including phenoxy) is 1. The van der Waals surface area contributed by atoms with Gasteiger partial charge in [-0.05, 0) is 94.1 Å². The van der Waals surface area contributed by atoms with Gasteiger partial charge in [0.25, 0.3) is 5.91 Å². The molecular formula is C40H38ClNO2. The summed E-state index contributed by atoms with van der Waals surface area (Å²) in [7, 11) is 1.84. The lowest BCUT2D eigenvalue weighted by Gasteiger charge is -2.24. The van der Waals surface area contributed by atoms with Crippen molar-refractivity contribution in [2.45, 2.75) is 51.2 Å². The van der Waals surface area contributed by atoms with E-state index < -0.39 is 0 Å². The van der Waals surface area contributed by atoms with E-state index >= 15 is 0 Å². The number of halogens is 1. The lowest BCUT2D eigenvalue weighted by Crippen LogP contribution is -2.26. The smallest absolute Gasteiger partial charge is 0.253 e. The third-order valence-corrected chi connectivity index (χ3v) is 8.93. The number of rotatable bonds is 9. The molecule has 6 rings (SSSR count). The van der Waals surface area contributed by atoms with Gasteiger partial charge in [0.15, 0.2) is 0 Å². The minimum absolute atomic E-state index is 0.0289. The molecule has 0 saturated heterocycles. The molecule has 1 saturated carbocycles. The second kappa shape index (κ2) is 14.0. The van der Waals surface area contributed by atoms with E-state index in [0.717, 1.165) is 28.0 Å². The molecule has 0 bridgehead atoms. The zero-order valence-corrected chi connectivity index (χ0v) is 26.0. The Kier molecular flexibility index (Phi) is 9.43. The third kappa shape index (κ3) is 7.06. The van der Waals surface area contributed by atoms with Gasteiger partial charge in [-0.15, -0.1) is 0 Å². The number of hydrogen-bond donors (Lipinski definition) is 0. The number of nitrogens with zero attached hydrogens (tertiary/aromatic N) is 1. The fourth-order valence-corrected chi connectivity index (χ4v) is 6.45. The maximum atomic E-state index is 13.4. The van der Waals surface area contributed by atoms with Gasteiger partial charge >= 0.3 is 0 Å². The third-order valence-electron chi connectivity index (χ3n) is 8.68. The summed E-state index contributed by atoms with van der Waals surface area (Å²) in [5.41, 5.74) is 8.71. The van der Waals surface area contributed by atoms with Crippen LogP contribution in [0, 0.1) is 0 Å².